The second-order valence-corrected chi connectivity index (χ2v) is 14.9. The van der Waals surface area contributed by atoms with Crippen LogP contribution in [-0.2, 0) is 48.1 Å². The number of ether oxygens (including phenoxy) is 2. The Morgan fingerprint density at radius 1 is 1.26 bits per heavy atom. The van der Waals surface area contributed by atoms with Crippen molar-refractivity contribution in [3.63, 3.8) is 0 Å². The zero-order valence-electron chi connectivity index (χ0n) is 22.7. The van der Waals surface area contributed by atoms with Gasteiger partial charge in [0.15, 0.2) is 20.7 Å². The summed E-state index contributed by atoms with van der Waals surface area (Å²) in [4.78, 5) is 74.8. The number of carbonyl (C=O) groups excluding carboxylic acids is 5. The Balaban J connectivity index is 1.21. The largest absolute Gasteiger partial charge is 0.426 e. The number of rotatable bonds is 8. The van der Waals surface area contributed by atoms with E-state index >= 15 is 0 Å². The summed E-state index contributed by atoms with van der Waals surface area (Å²) in [6.07, 6.45) is -0.206. The van der Waals surface area contributed by atoms with Crippen LogP contribution in [0.2, 0.25) is 0 Å². The van der Waals surface area contributed by atoms with Gasteiger partial charge in [-0.15, -0.1) is 23.1 Å². The number of hydrogen-bond donors (Lipinski definition) is 2. The van der Waals surface area contributed by atoms with E-state index in [0.29, 0.717) is 11.3 Å². The van der Waals surface area contributed by atoms with Gasteiger partial charge >= 0.3 is 11.9 Å². The first kappa shape index (κ1) is 29.8. The van der Waals surface area contributed by atoms with Crippen LogP contribution in [0.25, 0.3) is 0 Å². The molecule has 3 saturated heterocycles. The highest BCUT2D eigenvalue weighted by Crippen LogP contribution is 2.46. The van der Waals surface area contributed by atoms with E-state index in [1.165, 1.54) is 43.0 Å². The van der Waals surface area contributed by atoms with Gasteiger partial charge in [0, 0.05) is 11.1 Å². The highest BCUT2D eigenvalue weighted by molar-refractivity contribution is 8.00. The van der Waals surface area contributed by atoms with Crippen LogP contribution in [0.15, 0.2) is 21.8 Å². The van der Waals surface area contributed by atoms with Crippen molar-refractivity contribution in [3.8, 4) is 0 Å². The number of carbonyl (C=O) groups is 5. The molecule has 0 aliphatic carbocycles. The van der Waals surface area contributed by atoms with Crippen LogP contribution in [0.1, 0.15) is 32.9 Å². The molecule has 4 atom stereocenters. The molecule has 0 saturated carbocycles. The number of esters is 2. The van der Waals surface area contributed by atoms with Gasteiger partial charge in [0.1, 0.15) is 41.3 Å². The number of nitrogen functional groups attached to an aromatic ring is 1. The van der Waals surface area contributed by atoms with Crippen LogP contribution >= 0.6 is 23.1 Å². The molecule has 3 fully saturated rings. The molecule has 3 N–H and O–H groups in total. The summed E-state index contributed by atoms with van der Waals surface area (Å²) >= 11 is 2.41. The van der Waals surface area contributed by atoms with Crippen molar-refractivity contribution in [2.24, 2.45) is 5.16 Å². The van der Waals surface area contributed by atoms with Crippen LogP contribution in [-0.4, -0.2) is 106 Å². The van der Waals surface area contributed by atoms with Gasteiger partial charge < -0.3 is 30.3 Å². The summed E-state index contributed by atoms with van der Waals surface area (Å²) in [6.45, 7) is 3.42. The highest BCUT2D eigenvalue weighted by atomic mass is 32.2. The number of thioether (sulfide) groups is 1. The fourth-order valence-corrected chi connectivity index (χ4v) is 9.12. The predicted octanol–water partition coefficient (Wildman–Crippen LogP) is -1.07. The molecule has 226 valence electrons. The second-order valence-electron chi connectivity index (χ2n) is 10.2. The lowest BCUT2D eigenvalue weighted by Gasteiger charge is -2.49. The zero-order valence-corrected chi connectivity index (χ0v) is 25.1. The van der Waals surface area contributed by atoms with Crippen LogP contribution in [0.3, 0.4) is 0 Å². The van der Waals surface area contributed by atoms with Crippen LogP contribution in [0.4, 0.5) is 5.13 Å². The average molecular weight is 643 g/mol. The third kappa shape index (κ3) is 4.49. The molecule has 4 aliphatic heterocycles. The number of fused-ring (bicyclic) bond motifs is 2. The van der Waals surface area contributed by atoms with E-state index in [-0.39, 0.29) is 28.7 Å². The number of hydrogen-bond acceptors (Lipinski definition) is 15. The zero-order chi connectivity index (χ0) is 30.7. The Hall–Kier alpha value is -3.71. The molecule has 4 aliphatic rings. The number of nitrogens with two attached hydrogens (primary N) is 1. The maximum Gasteiger partial charge on any atom is 0.357 e. The van der Waals surface area contributed by atoms with Crippen molar-refractivity contribution in [1.82, 2.24) is 20.1 Å². The predicted molar refractivity (Wildman–Crippen MR) is 147 cm³/mol. The van der Waals surface area contributed by atoms with Gasteiger partial charge in [-0.1, -0.05) is 5.16 Å². The number of oxime groups is 1. The van der Waals surface area contributed by atoms with Crippen molar-refractivity contribution >= 4 is 73.4 Å². The van der Waals surface area contributed by atoms with Gasteiger partial charge in [-0.25, -0.2) is 23.0 Å². The van der Waals surface area contributed by atoms with E-state index < -0.39 is 73.9 Å². The van der Waals surface area contributed by atoms with Crippen LogP contribution in [0.5, 0.6) is 0 Å². The number of aromatic nitrogens is 1. The second kappa shape index (κ2) is 10.5. The molecule has 42 heavy (non-hydrogen) atoms. The van der Waals surface area contributed by atoms with Crippen molar-refractivity contribution in [1.29, 1.82) is 0 Å². The van der Waals surface area contributed by atoms with Gasteiger partial charge in [0.2, 0.25) is 12.7 Å². The lowest BCUT2D eigenvalue weighted by molar-refractivity contribution is -0.175. The van der Waals surface area contributed by atoms with E-state index in [0.717, 1.165) is 16.2 Å². The minimum atomic E-state index is -3.82. The third-order valence-corrected chi connectivity index (χ3v) is 12.3. The number of β-lactam (4-membered cyclic amide) rings is 2. The smallest absolute Gasteiger partial charge is 0.357 e. The van der Waals surface area contributed by atoms with Gasteiger partial charge in [-0.3, -0.25) is 19.3 Å². The monoisotopic (exact) mass is 642 g/mol. The molecule has 0 bridgehead atoms. The molecule has 0 aromatic carbocycles. The van der Waals surface area contributed by atoms with Crippen molar-refractivity contribution in [3.05, 3.63) is 22.3 Å². The van der Waals surface area contributed by atoms with E-state index in [4.69, 9.17) is 20.0 Å². The Morgan fingerprint density at radius 2 is 1.98 bits per heavy atom. The molecule has 16 nitrogen and oxygen atoms in total. The van der Waals surface area contributed by atoms with E-state index in [1.807, 2.05) is 0 Å². The number of amides is 3. The van der Waals surface area contributed by atoms with Crippen molar-refractivity contribution in [2.45, 2.75) is 54.8 Å². The summed E-state index contributed by atoms with van der Waals surface area (Å²) in [7, 11) is -2.57. The minimum Gasteiger partial charge on any atom is -0.426 e. The fourth-order valence-electron chi connectivity index (χ4n) is 5.16. The number of sulfone groups is 1. The molecule has 1 aromatic heterocycles. The summed E-state index contributed by atoms with van der Waals surface area (Å²) in [6, 6.07) is -2.39. The Bertz CT molecular complexity index is 1570. The number of nitrogens with one attached hydrogen (secondary N) is 1. The van der Waals surface area contributed by atoms with Gasteiger partial charge in [0.05, 0.1) is 11.2 Å². The maximum atomic E-state index is 13.1. The first-order valence-electron chi connectivity index (χ1n) is 12.4. The van der Waals surface area contributed by atoms with E-state index in [2.05, 4.69) is 15.5 Å². The molecule has 19 heteroatoms. The SMILES string of the molecule is CO/N=C(/C(=O)NC1C(=O)N2C(C(=O)OCOC(=O)C3N4C(=O)CC4S(=O)(=O)C3(C)C)=C(C)CSC12)c1csc(N)n1. The Kier molecular flexibility index (Phi) is 7.46. The normalized spacial score (nSPS) is 27.4. The lowest BCUT2D eigenvalue weighted by atomic mass is 9.98. The molecule has 0 spiro atoms. The average Bonchev–Trinajstić information content (AvgIpc) is 3.40. The van der Waals surface area contributed by atoms with Crippen molar-refractivity contribution < 1.29 is 46.7 Å². The Labute approximate surface area is 247 Å². The van der Waals surface area contributed by atoms with Crippen LogP contribution < -0.4 is 11.1 Å². The highest BCUT2D eigenvalue weighted by Gasteiger charge is 2.68. The molecule has 3 amide bonds. The van der Waals surface area contributed by atoms with Gasteiger partial charge in [0.25, 0.3) is 11.8 Å². The summed E-state index contributed by atoms with van der Waals surface area (Å²) < 4.78 is 34.0. The standard InChI is InChI=1S/C23H26N6O10S3/c1-9-6-40-19-14(26-17(31)13(27-37-4)10-7-41-22(24)25-10)18(32)29(19)15(9)20(33)38-8-39-21(34)16-23(2,3)42(35,36)12-5-11(30)28(12)16/h7,12,14,16,19H,5-6,8H2,1-4H3,(H2,24,25)(H,26,31)/b27-13+. The van der Waals surface area contributed by atoms with Crippen molar-refractivity contribution in [2.75, 3.05) is 25.4 Å². The molecule has 0 radical (unpaired) electrons. The first-order chi connectivity index (χ1) is 19.7. The molecular weight excluding hydrogens is 616 g/mol. The topological polar surface area (TPSA) is 217 Å². The molecule has 5 heterocycles. The molecular formula is C23H26N6O10S3. The number of anilines is 1. The maximum absolute atomic E-state index is 13.1. The van der Waals surface area contributed by atoms with E-state index in [9.17, 15) is 32.4 Å². The number of thiazole rings is 1. The van der Waals surface area contributed by atoms with Gasteiger partial charge in [-0.2, -0.15) is 0 Å². The van der Waals surface area contributed by atoms with Gasteiger partial charge in [-0.05, 0) is 26.3 Å². The first-order valence-corrected chi connectivity index (χ1v) is 15.9. The lowest BCUT2D eigenvalue weighted by Crippen LogP contribution is -2.71. The molecule has 5 rings (SSSR count). The molecule has 1 aromatic rings. The summed E-state index contributed by atoms with van der Waals surface area (Å²) in [5, 5.41) is 6.27. The van der Waals surface area contributed by atoms with E-state index in [1.54, 1.807) is 6.92 Å². The minimum absolute atomic E-state index is 0.0647. The third-order valence-electron chi connectivity index (χ3n) is 7.39. The van der Waals surface area contributed by atoms with Crippen LogP contribution in [0, 0.1) is 0 Å². The molecule has 4 unspecified atom stereocenters. The number of nitrogens with zero attached hydrogens (tertiary/aromatic N) is 4. The summed E-state index contributed by atoms with van der Waals surface area (Å²) in [5.74, 6) is -3.47. The quantitative estimate of drug-likeness (QED) is 0.114. The Morgan fingerprint density at radius 3 is 2.60 bits per heavy atom. The summed E-state index contributed by atoms with van der Waals surface area (Å²) in [5.41, 5.74) is 6.07. The fraction of sp³-hybridized carbons (Fsp3) is 0.522.